The molecular weight excluding hydrogens is 300 g/mol. The Kier molecular flexibility index (Phi) is 3.01. The lowest BCUT2D eigenvalue weighted by atomic mass is 9.81. The topological polar surface area (TPSA) is 51.4 Å². The van der Waals surface area contributed by atoms with Crippen LogP contribution in [0.3, 0.4) is 0 Å². The molecule has 0 atom stereocenters. The normalized spacial score (nSPS) is 17.8. The SMILES string of the molecule is CC1=[NH+]c2ccc(CN3C(=O)c4ccccc4C3=O)cc2C1(C)C. The van der Waals surface area contributed by atoms with Crippen LogP contribution in [0.25, 0.3) is 0 Å². The van der Waals surface area contributed by atoms with Crippen LogP contribution in [0, 0.1) is 0 Å². The van der Waals surface area contributed by atoms with Gasteiger partial charge in [-0.15, -0.1) is 0 Å². The highest BCUT2D eigenvalue weighted by Gasteiger charge is 2.39. The third-order valence-corrected chi connectivity index (χ3v) is 5.24. The van der Waals surface area contributed by atoms with Gasteiger partial charge in [0.15, 0.2) is 5.71 Å². The summed E-state index contributed by atoms with van der Waals surface area (Å²) in [5.74, 6) is -0.424. The Morgan fingerprint density at radius 3 is 2.25 bits per heavy atom. The molecule has 24 heavy (non-hydrogen) atoms. The van der Waals surface area contributed by atoms with E-state index in [2.05, 4.69) is 31.8 Å². The van der Waals surface area contributed by atoms with Crippen molar-refractivity contribution in [1.82, 2.24) is 4.90 Å². The van der Waals surface area contributed by atoms with Crippen LogP contribution in [0.4, 0.5) is 5.69 Å². The lowest BCUT2D eigenvalue weighted by molar-refractivity contribution is -0.351. The summed E-state index contributed by atoms with van der Waals surface area (Å²) in [7, 11) is 0. The molecule has 0 saturated heterocycles. The van der Waals surface area contributed by atoms with Crippen LogP contribution in [0.5, 0.6) is 0 Å². The molecule has 120 valence electrons. The zero-order valence-electron chi connectivity index (χ0n) is 14.0. The molecule has 0 saturated carbocycles. The summed E-state index contributed by atoms with van der Waals surface area (Å²) in [5.41, 5.74) is 5.40. The Balaban J connectivity index is 1.66. The summed E-state index contributed by atoms with van der Waals surface area (Å²) in [4.78, 5) is 29.8. The minimum absolute atomic E-state index is 0.0622. The van der Waals surface area contributed by atoms with Crippen molar-refractivity contribution in [1.29, 1.82) is 0 Å². The number of imide groups is 1. The van der Waals surface area contributed by atoms with Gasteiger partial charge in [0, 0.05) is 18.6 Å². The van der Waals surface area contributed by atoms with Crippen molar-refractivity contribution >= 4 is 23.2 Å². The third-order valence-electron chi connectivity index (χ3n) is 5.24. The van der Waals surface area contributed by atoms with Gasteiger partial charge in [-0.2, -0.15) is 0 Å². The second-order valence-corrected chi connectivity index (χ2v) is 7.00. The lowest BCUT2D eigenvalue weighted by Crippen LogP contribution is -2.64. The van der Waals surface area contributed by atoms with Crippen LogP contribution >= 0.6 is 0 Å². The van der Waals surface area contributed by atoms with Crippen molar-refractivity contribution in [2.75, 3.05) is 0 Å². The maximum Gasteiger partial charge on any atom is 0.261 e. The van der Waals surface area contributed by atoms with E-state index in [1.54, 1.807) is 24.3 Å². The zero-order valence-corrected chi connectivity index (χ0v) is 14.0. The smallest absolute Gasteiger partial charge is 0.261 e. The van der Waals surface area contributed by atoms with Gasteiger partial charge in [0.25, 0.3) is 11.8 Å². The first-order chi connectivity index (χ1) is 11.4. The van der Waals surface area contributed by atoms with Crippen molar-refractivity contribution in [3.05, 3.63) is 64.7 Å². The summed E-state index contributed by atoms with van der Waals surface area (Å²) in [5, 5.41) is 0. The van der Waals surface area contributed by atoms with Gasteiger partial charge >= 0.3 is 0 Å². The van der Waals surface area contributed by atoms with Crippen molar-refractivity contribution in [3.63, 3.8) is 0 Å². The minimum atomic E-state index is -0.212. The number of carbonyl (C=O) groups excluding carboxylic acids is 2. The number of hydrogen-bond acceptors (Lipinski definition) is 2. The monoisotopic (exact) mass is 319 g/mol. The van der Waals surface area contributed by atoms with E-state index >= 15 is 0 Å². The van der Waals surface area contributed by atoms with Crippen LogP contribution in [-0.4, -0.2) is 22.4 Å². The number of amides is 2. The van der Waals surface area contributed by atoms with E-state index in [0.717, 1.165) is 11.3 Å². The van der Waals surface area contributed by atoms with Gasteiger partial charge in [-0.1, -0.05) is 18.2 Å². The zero-order chi connectivity index (χ0) is 17.1. The third kappa shape index (κ3) is 1.96. The van der Waals surface area contributed by atoms with Crippen LogP contribution < -0.4 is 4.99 Å². The van der Waals surface area contributed by atoms with Gasteiger partial charge in [0.2, 0.25) is 5.69 Å². The van der Waals surface area contributed by atoms with Crippen molar-refractivity contribution < 1.29 is 14.6 Å². The van der Waals surface area contributed by atoms with Crippen LogP contribution in [-0.2, 0) is 12.0 Å². The molecule has 0 spiro atoms. The molecule has 0 radical (unpaired) electrons. The van der Waals surface area contributed by atoms with Gasteiger partial charge in [-0.05, 0) is 37.6 Å². The fraction of sp³-hybridized carbons (Fsp3) is 0.250. The molecule has 2 aliphatic heterocycles. The molecule has 0 fully saturated rings. The molecule has 4 nitrogen and oxygen atoms in total. The molecule has 0 bridgehead atoms. The van der Waals surface area contributed by atoms with Crippen molar-refractivity contribution in [2.45, 2.75) is 32.7 Å². The highest BCUT2D eigenvalue weighted by atomic mass is 16.2. The molecular formula is C20H19N2O2+. The van der Waals surface area contributed by atoms with Crippen LogP contribution in [0.1, 0.15) is 52.6 Å². The molecule has 0 aromatic heterocycles. The summed E-state index contributed by atoms with van der Waals surface area (Å²) >= 11 is 0. The predicted molar refractivity (Wildman–Crippen MR) is 91.4 cm³/mol. The van der Waals surface area contributed by atoms with Crippen LogP contribution in [0.2, 0.25) is 0 Å². The van der Waals surface area contributed by atoms with E-state index in [4.69, 9.17) is 0 Å². The molecule has 2 aromatic rings. The number of benzene rings is 2. The molecule has 2 heterocycles. The lowest BCUT2D eigenvalue weighted by Gasteiger charge is -2.18. The number of fused-ring (bicyclic) bond motifs is 2. The molecule has 2 aliphatic rings. The molecule has 4 heteroatoms. The first kappa shape index (κ1) is 14.8. The Hall–Kier alpha value is -2.75. The Bertz CT molecular complexity index is 890. The highest BCUT2D eigenvalue weighted by molar-refractivity contribution is 6.21. The van der Waals surface area contributed by atoms with E-state index in [0.29, 0.717) is 17.7 Å². The number of nitrogens with one attached hydrogen (secondary N) is 1. The fourth-order valence-corrected chi connectivity index (χ4v) is 3.44. The molecule has 0 aliphatic carbocycles. The van der Waals surface area contributed by atoms with Crippen molar-refractivity contribution in [3.8, 4) is 0 Å². The second-order valence-electron chi connectivity index (χ2n) is 7.00. The van der Waals surface area contributed by atoms with E-state index in [1.807, 2.05) is 12.1 Å². The van der Waals surface area contributed by atoms with Crippen molar-refractivity contribution in [2.24, 2.45) is 0 Å². The maximum absolute atomic E-state index is 12.5. The number of hydrogen-bond donors (Lipinski definition) is 1. The largest absolute Gasteiger partial charge is 0.270 e. The second kappa shape index (κ2) is 4.87. The number of nitrogens with zero attached hydrogens (tertiary/aromatic N) is 1. The van der Waals surface area contributed by atoms with Gasteiger partial charge in [0.1, 0.15) is 0 Å². The van der Waals surface area contributed by atoms with Gasteiger partial charge in [0.05, 0.1) is 23.1 Å². The average Bonchev–Trinajstić information content (AvgIpc) is 2.94. The summed E-state index contributed by atoms with van der Waals surface area (Å²) in [6, 6.07) is 13.1. The average molecular weight is 319 g/mol. The number of rotatable bonds is 2. The van der Waals surface area contributed by atoms with E-state index in [9.17, 15) is 9.59 Å². The Morgan fingerprint density at radius 2 is 1.62 bits per heavy atom. The molecule has 0 unspecified atom stereocenters. The number of carbonyl (C=O) groups is 2. The first-order valence-electron chi connectivity index (χ1n) is 8.09. The Morgan fingerprint density at radius 1 is 1.00 bits per heavy atom. The predicted octanol–water partition coefficient (Wildman–Crippen LogP) is 1.95. The van der Waals surface area contributed by atoms with Crippen LogP contribution in [0.15, 0.2) is 42.5 Å². The molecule has 2 amide bonds. The van der Waals surface area contributed by atoms with E-state index in [1.165, 1.54) is 16.2 Å². The first-order valence-corrected chi connectivity index (χ1v) is 8.09. The van der Waals surface area contributed by atoms with E-state index in [-0.39, 0.29) is 17.2 Å². The van der Waals surface area contributed by atoms with Gasteiger partial charge < -0.3 is 0 Å². The van der Waals surface area contributed by atoms with Gasteiger partial charge in [-0.25, -0.2) is 4.99 Å². The molecule has 1 N–H and O–H groups in total. The standard InChI is InChI=1S/C20H18N2O2/c1-12-20(2,3)16-10-13(8-9-17(16)21-12)11-22-18(23)14-6-4-5-7-15(14)19(22)24/h4-10H,11H2,1-3H3/p+1. The summed E-state index contributed by atoms with van der Waals surface area (Å²) < 4.78 is 0. The quantitative estimate of drug-likeness (QED) is 0.860. The fourth-order valence-electron chi connectivity index (χ4n) is 3.44. The van der Waals surface area contributed by atoms with E-state index < -0.39 is 0 Å². The van der Waals surface area contributed by atoms with Gasteiger partial charge in [-0.3, -0.25) is 14.5 Å². The molecule has 4 rings (SSSR count). The molecule has 2 aromatic carbocycles. The highest BCUT2D eigenvalue weighted by Crippen LogP contribution is 2.33. The Labute approximate surface area is 140 Å². The minimum Gasteiger partial charge on any atom is -0.270 e. The summed E-state index contributed by atoms with van der Waals surface area (Å²) in [6.07, 6.45) is 0. The maximum atomic E-state index is 12.5. The summed E-state index contributed by atoms with van der Waals surface area (Å²) in [6.45, 7) is 6.73.